The molecule has 1 aromatic heterocycles. The first-order valence-corrected chi connectivity index (χ1v) is 10.1. The Morgan fingerprint density at radius 1 is 1.12 bits per heavy atom. The zero-order chi connectivity index (χ0) is 17.9. The molecule has 0 atom stereocenters. The van der Waals surface area contributed by atoms with E-state index in [4.69, 9.17) is 11.6 Å². The number of sulfonamides is 1. The second-order valence-corrected chi connectivity index (χ2v) is 7.93. The van der Waals surface area contributed by atoms with Gasteiger partial charge in [-0.05, 0) is 30.8 Å². The third-order valence-electron chi connectivity index (χ3n) is 4.32. The summed E-state index contributed by atoms with van der Waals surface area (Å²) >= 11 is 5.74. The van der Waals surface area contributed by atoms with Crippen molar-refractivity contribution in [3.63, 3.8) is 0 Å². The van der Waals surface area contributed by atoms with Crippen LogP contribution in [0.2, 0.25) is 5.15 Å². The van der Waals surface area contributed by atoms with Crippen molar-refractivity contribution in [2.45, 2.75) is 11.8 Å². The van der Waals surface area contributed by atoms with Gasteiger partial charge in [-0.3, -0.25) is 4.72 Å². The molecule has 0 amide bonds. The summed E-state index contributed by atoms with van der Waals surface area (Å²) in [6, 6.07) is 10.4. The fourth-order valence-corrected chi connectivity index (χ4v) is 4.00. The fourth-order valence-electron chi connectivity index (χ4n) is 2.87. The lowest BCUT2D eigenvalue weighted by atomic mass is 10.2. The minimum absolute atomic E-state index is 0.0857. The number of nitrogens with one attached hydrogen (secondary N) is 1. The molecule has 25 heavy (non-hydrogen) atoms. The zero-order valence-corrected chi connectivity index (χ0v) is 15.6. The highest BCUT2D eigenvalue weighted by atomic mass is 35.5. The van der Waals surface area contributed by atoms with Crippen LogP contribution < -0.4 is 9.62 Å². The number of rotatable bonds is 5. The summed E-state index contributed by atoms with van der Waals surface area (Å²) in [5, 5.41) is 0.258. The molecule has 1 N–H and O–H groups in total. The van der Waals surface area contributed by atoms with E-state index in [2.05, 4.69) is 26.4 Å². The predicted octanol–water partition coefficient (Wildman–Crippen LogP) is 2.68. The first-order chi connectivity index (χ1) is 12.0. The molecule has 3 rings (SSSR count). The number of aromatic nitrogens is 1. The molecule has 2 heterocycles. The standard InChI is InChI=1S/C17H21ClN4O2S/c1-2-21-9-11-22(12-10-21)16-6-4-3-5-15(16)20-25(23,24)14-7-8-17(18)19-13-14/h3-8,13,20H,2,9-12H2,1H3. The maximum absolute atomic E-state index is 12.6. The second kappa shape index (κ2) is 7.59. The molecule has 0 unspecified atom stereocenters. The summed E-state index contributed by atoms with van der Waals surface area (Å²) in [6.07, 6.45) is 1.26. The number of halogens is 1. The van der Waals surface area contributed by atoms with E-state index in [1.807, 2.05) is 18.2 Å². The molecule has 134 valence electrons. The van der Waals surface area contributed by atoms with Gasteiger partial charge in [0.05, 0.1) is 11.4 Å². The topological polar surface area (TPSA) is 65.5 Å². The lowest BCUT2D eigenvalue weighted by molar-refractivity contribution is 0.271. The third kappa shape index (κ3) is 4.23. The number of piperazine rings is 1. The van der Waals surface area contributed by atoms with E-state index >= 15 is 0 Å². The van der Waals surface area contributed by atoms with Crippen LogP contribution in [0.5, 0.6) is 0 Å². The van der Waals surface area contributed by atoms with Crippen molar-refractivity contribution in [1.82, 2.24) is 9.88 Å². The Kier molecular flexibility index (Phi) is 5.46. The Morgan fingerprint density at radius 2 is 1.84 bits per heavy atom. The van der Waals surface area contributed by atoms with Gasteiger partial charge in [-0.1, -0.05) is 30.7 Å². The van der Waals surface area contributed by atoms with E-state index in [-0.39, 0.29) is 10.0 Å². The molecule has 0 radical (unpaired) electrons. The minimum Gasteiger partial charge on any atom is -0.367 e. The number of benzene rings is 1. The molecule has 1 aliphatic heterocycles. The Bertz CT molecular complexity index is 819. The van der Waals surface area contributed by atoms with Gasteiger partial charge >= 0.3 is 0 Å². The maximum Gasteiger partial charge on any atom is 0.263 e. The van der Waals surface area contributed by atoms with Crippen molar-refractivity contribution in [2.24, 2.45) is 0 Å². The number of hydrogen-bond acceptors (Lipinski definition) is 5. The number of nitrogens with zero attached hydrogens (tertiary/aromatic N) is 3. The highest BCUT2D eigenvalue weighted by Crippen LogP contribution is 2.28. The SMILES string of the molecule is CCN1CCN(c2ccccc2NS(=O)(=O)c2ccc(Cl)nc2)CC1. The summed E-state index contributed by atoms with van der Waals surface area (Å²) in [5.41, 5.74) is 1.46. The van der Waals surface area contributed by atoms with Gasteiger partial charge in [-0.15, -0.1) is 0 Å². The van der Waals surface area contributed by atoms with Crippen LogP contribution >= 0.6 is 11.6 Å². The summed E-state index contributed by atoms with van der Waals surface area (Å²) in [7, 11) is -3.71. The Labute approximate surface area is 153 Å². The second-order valence-electron chi connectivity index (χ2n) is 5.86. The monoisotopic (exact) mass is 380 g/mol. The average Bonchev–Trinajstić information content (AvgIpc) is 2.62. The molecule has 1 aromatic carbocycles. The van der Waals surface area contributed by atoms with Crippen LogP contribution in [-0.2, 0) is 10.0 Å². The Balaban J connectivity index is 1.82. The van der Waals surface area contributed by atoms with E-state index in [0.29, 0.717) is 5.69 Å². The van der Waals surface area contributed by atoms with E-state index < -0.39 is 10.0 Å². The fraction of sp³-hybridized carbons (Fsp3) is 0.353. The molecule has 6 nitrogen and oxygen atoms in total. The molecule has 2 aromatic rings. The van der Waals surface area contributed by atoms with Gasteiger partial charge in [0.25, 0.3) is 10.0 Å². The number of pyridine rings is 1. The van der Waals surface area contributed by atoms with Crippen molar-refractivity contribution in [1.29, 1.82) is 0 Å². The van der Waals surface area contributed by atoms with Gasteiger partial charge in [0.15, 0.2) is 0 Å². The molecular weight excluding hydrogens is 360 g/mol. The molecule has 0 saturated carbocycles. The van der Waals surface area contributed by atoms with Gasteiger partial charge in [0.2, 0.25) is 0 Å². The highest BCUT2D eigenvalue weighted by Gasteiger charge is 2.21. The summed E-state index contributed by atoms with van der Waals surface area (Å²) < 4.78 is 27.9. The van der Waals surface area contributed by atoms with E-state index in [1.54, 1.807) is 6.07 Å². The van der Waals surface area contributed by atoms with Gasteiger partial charge in [0.1, 0.15) is 10.0 Å². The molecule has 0 aliphatic carbocycles. The van der Waals surface area contributed by atoms with Crippen molar-refractivity contribution < 1.29 is 8.42 Å². The highest BCUT2D eigenvalue weighted by molar-refractivity contribution is 7.92. The van der Waals surface area contributed by atoms with Crippen molar-refractivity contribution in [3.8, 4) is 0 Å². The van der Waals surface area contributed by atoms with Gasteiger partial charge < -0.3 is 9.80 Å². The molecule has 0 bridgehead atoms. The van der Waals surface area contributed by atoms with Crippen LogP contribution in [0, 0.1) is 0 Å². The van der Waals surface area contributed by atoms with Crippen LogP contribution in [0.1, 0.15) is 6.92 Å². The third-order valence-corrected chi connectivity index (χ3v) is 5.89. The summed E-state index contributed by atoms with van der Waals surface area (Å²) in [4.78, 5) is 8.52. The number of likely N-dealkylation sites (N-methyl/N-ethyl adjacent to an activating group) is 1. The smallest absolute Gasteiger partial charge is 0.263 e. The lowest BCUT2D eigenvalue weighted by Crippen LogP contribution is -2.46. The molecule has 8 heteroatoms. The molecule has 0 spiro atoms. The average molecular weight is 381 g/mol. The van der Waals surface area contributed by atoms with Crippen molar-refractivity contribution >= 4 is 33.0 Å². The van der Waals surface area contributed by atoms with Gasteiger partial charge in [-0.25, -0.2) is 13.4 Å². The van der Waals surface area contributed by atoms with Gasteiger partial charge in [0, 0.05) is 32.4 Å². The van der Waals surface area contributed by atoms with E-state index in [0.717, 1.165) is 38.4 Å². The van der Waals surface area contributed by atoms with Crippen molar-refractivity contribution in [3.05, 3.63) is 47.7 Å². The minimum atomic E-state index is -3.71. The number of para-hydroxylation sites is 2. The lowest BCUT2D eigenvalue weighted by Gasteiger charge is -2.36. The number of hydrogen-bond donors (Lipinski definition) is 1. The van der Waals surface area contributed by atoms with Gasteiger partial charge in [-0.2, -0.15) is 0 Å². The summed E-state index contributed by atoms with van der Waals surface area (Å²) in [6.45, 7) is 6.87. The van der Waals surface area contributed by atoms with Crippen molar-refractivity contribution in [2.75, 3.05) is 42.3 Å². The normalized spacial score (nSPS) is 16.0. The number of anilines is 2. The Morgan fingerprint density at radius 3 is 2.48 bits per heavy atom. The first kappa shape index (κ1) is 18.0. The quantitative estimate of drug-likeness (QED) is 0.808. The molecular formula is C17H21ClN4O2S. The van der Waals surface area contributed by atoms with Crippen LogP contribution in [-0.4, -0.2) is 51.0 Å². The predicted molar refractivity (Wildman–Crippen MR) is 101 cm³/mol. The maximum atomic E-state index is 12.6. The van der Waals surface area contributed by atoms with Crippen LogP contribution in [0.3, 0.4) is 0 Å². The Hall–Kier alpha value is -1.83. The summed E-state index contributed by atoms with van der Waals surface area (Å²) in [5.74, 6) is 0. The molecule has 1 fully saturated rings. The van der Waals surface area contributed by atoms with Crippen LogP contribution in [0.25, 0.3) is 0 Å². The van der Waals surface area contributed by atoms with E-state index in [1.165, 1.54) is 18.3 Å². The van der Waals surface area contributed by atoms with E-state index in [9.17, 15) is 8.42 Å². The molecule has 1 aliphatic rings. The largest absolute Gasteiger partial charge is 0.367 e. The molecule has 1 saturated heterocycles. The van der Waals surface area contributed by atoms with Crippen LogP contribution in [0.15, 0.2) is 47.5 Å². The zero-order valence-electron chi connectivity index (χ0n) is 14.0. The van der Waals surface area contributed by atoms with Crippen LogP contribution in [0.4, 0.5) is 11.4 Å². The first-order valence-electron chi connectivity index (χ1n) is 8.20.